The first kappa shape index (κ1) is 16.5. The lowest BCUT2D eigenvalue weighted by atomic mass is 10.0. The number of nitrogens with one attached hydrogen (secondary N) is 1. The van der Waals surface area contributed by atoms with Gasteiger partial charge in [0.25, 0.3) is 0 Å². The standard InChI is InChI=1S/C14H24F3N3O/c15-14(16,17)11-19-7-9-20(10-8-19)13(21)5-4-12-3-1-2-6-18-12/h12,18H,1-11H2. The Hall–Kier alpha value is -0.820. The highest BCUT2D eigenvalue weighted by Crippen LogP contribution is 2.18. The van der Waals surface area contributed by atoms with Gasteiger partial charge < -0.3 is 10.2 Å². The zero-order chi connectivity index (χ0) is 15.3. The molecule has 1 N–H and O–H groups in total. The minimum Gasteiger partial charge on any atom is -0.340 e. The number of amides is 1. The molecule has 2 fully saturated rings. The van der Waals surface area contributed by atoms with Crippen LogP contribution in [0.5, 0.6) is 0 Å². The first-order valence-electron chi connectivity index (χ1n) is 7.74. The molecule has 0 aliphatic carbocycles. The van der Waals surface area contributed by atoms with Crippen LogP contribution in [-0.4, -0.2) is 67.2 Å². The lowest BCUT2D eigenvalue weighted by Gasteiger charge is -2.35. The van der Waals surface area contributed by atoms with E-state index < -0.39 is 12.7 Å². The molecule has 0 aromatic heterocycles. The van der Waals surface area contributed by atoms with E-state index in [1.165, 1.54) is 17.7 Å². The molecular formula is C14H24F3N3O. The van der Waals surface area contributed by atoms with Crippen LogP contribution in [0, 0.1) is 0 Å². The van der Waals surface area contributed by atoms with Crippen LogP contribution in [0.1, 0.15) is 32.1 Å². The van der Waals surface area contributed by atoms with Crippen LogP contribution in [0.15, 0.2) is 0 Å². The van der Waals surface area contributed by atoms with Crippen molar-refractivity contribution in [2.24, 2.45) is 0 Å². The fourth-order valence-electron chi connectivity index (χ4n) is 3.04. The zero-order valence-electron chi connectivity index (χ0n) is 12.3. The number of nitrogens with zero attached hydrogens (tertiary/aromatic N) is 2. The van der Waals surface area contributed by atoms with Gasteiger partial charge in [-0.25, -0.2) is 0 Å². The Morgan fingerprint density at radius 1 is 1.14 bits per heavy atom. The average Bonchev–Trinajstić information content (AvgIpc) is 2.45. The van der Waals surface area contributed by atoms with Crippen LogP contribution in [0.2, 0.25) is 0 Å². The number of piperazine rings is 1. The molecule has 2 rings (SSSR count). The molecule has 0 saturated carbocycles. The summed E-state index contributed by atoms with van der Waals surface area (Å²) in [5.74, 6) is 0.0778. The van der Waals surface area contributed by atoms with Crippen molar-refractivity contribution in [1.82, 2.24) is 15.1 Å². The third-order valence-electron chi connectivity index (χ3n) is 4.25. The number of halogens is 3. The highest BCUT2D eigenvalue weighted by molar-refractivity contribution is 5.76. The number of alkyl halides is 3. The maximum absolute atomic E-state index is 12.3. The molecule has 21 heavy (non-hydrogen) atoms. The molecule has 0 radical (unpaired) electrons. The normalized spacial score (nSPS) is 25.1. The predicted octanol–water partition coefficient (Wildman–Crippen LogP) is 1.62. The van der Waals surface area contributed by atoms with Crippen molar-refractivity contribution >= 4 is 5.91 Å². The molecular weight excluding hydrogens is 283 g/mol. The lowest BCUT2D eigenvalue weighted by Crippen LogP contribution is -2.51. The summed E-state index contributed by atoms with van der Waals surface area (Å²) in [6.07, 6.45) is 0.706. The highest BCUT2D eigenvalue weighted by Gasteiger charge is 2.32. The number of piperidine rings is 1. The second-order valence-corrected chi connectivity index (χ2v) is 5.96. The molecule has 1 unspecified atom stereocenters. The van der Waals surface area contributed by atoms with Gasteiger partial charge in [0.1, 0.15) is 0 Å². The Kier molecular flexibility index (Phi) is 5.87. The monoisotopic (exact) mass is 307 g/mol. The molecule has 0 aromatic rings. The number of hydrogen-bond acceptors (Lipinski definition) is 3. The fraction of sp³-hybridized carbons (Fsp3) is 0.929. The van der Waals surface area contributed by atoms with E-state index >= 15 is 0 Å². The van der Waals surface area contributed by atoms with Crippen LogP contribution < -0.4 is 5.32 Å². The van der Waals surface area contributed by atoms with Crippen molar-refractivity contribution in [3.05, 3.63) is 0 Å². The van der Waals surface area contributed by atoms with Crippen molar-refractivity contribution in [1.29, 1.82) is 0 Å². The quantitative estimate of drug-likeness (QED) is 0.857. The summed E-state index contributed by atoms with van der Waals surface area (Å²) in [4.78, 5) is 15.2. The van der Waals surface area contributed by atoms with Gasteiger partial charge in [0, 0.05) is 38.6 Å². The van der Waals surface area contributed by atoms with Gasteiger partial charge in [-0.15, -0.1) is 0 Å². The van der Waals surface area contributed by atoms with Crippen LogP contribution in [0.3, 0.4) is 0 Å². The van der Waals surface area contributed by atoms with E-state index in [9.17, 15) is 18.0 Å². The Balaban J connectivity index is 1.65. The first-order chi connectivity index (χ1) is 9.94. The third-order valence-corrected chi connectivity index (χ3v) is 4.25. The largest absolute Gasteiger partial charge is 0.401 e. The Labute approximate surface area is 123 Å². The van der Waals surface area contributed by atoms with Gasteiger partial charge in [-0.05, 0) is 25.8 Å². The van der Waals surface area contributed by atoms with Gasteiger partial charge >= 0.3 is 6.18 Å². The lowest BCUT2D eigenvalue weighted by molar-refractivity contribution is -0.151. The van der Waals surface area contributed by atoms with Crippen molar-refractivity contribution < 1.29 is 18.0 Å². The summed E-state index contributed by atoms with van der Waals surface area (Å²) >= 11 is 0. The Morgan fingerprint density at radius 2 is 1.86 bits per heavy atom. The molecule has 2 saturated heterocycles. The molecule has 122 valence electrons. The van der Waals surface area contributed by atoms with Crippen LogP contribution in [0.4, 0.5) is 13.2 Å². The van der Waals surface area contributed by atoms with Crippen LogP contribution in [0.25, 0.3) is 0 Å². The number of hydrogen-bond donors (Lipinski definition) is 1. The molecule has 2 heterocycles. The fourth-order valence-corrected chi connectivity index (χ4v) is 3.04. The molecule has 1 amide bonds. The van der Waals surface area contributed by atoms with E-state index in [4.69, 9.17) is 0 Å². The molecule has 4 nitrogen and oxygen atoms in total. The Bertz CT molecular complexity index is 335. The van der Waals surface area contributed by atoms with Crippen molar-refractivity contribution in [3.63, 3.8) is 0 Å². The summed E-state index contributed by atoms with van der Waals surface area (Å²) in [6, 6.07) is 0.425. The second-order valence-electron chi connectivity index (χ2n) is 5.96. The smallest absolute Gasteiger partial charge is 0.340 e. The average molecular weight is 307 g/mol. The van der Waals surface area contributed by atoms with Gasteiger partial charge in [0.2, 0.25) is 5.91 Å². The van der Waals surface area contributed by atoms with Crippen molar-refractivity contribution in [3.8, 4) is 0 Å². The van der Waals surface area contributed by atoms with Gasteiger partial charge in [-0.3, -0.25) is 9.69 Å². The topological polar surface area (TPSA) is 35.6 Å². The molecule has 0 aromatic carbocycles. The van der Waals surface area contributed by atoms with E-state index in [-0.39, 0.29) is 5.91 Å². The predicted molar refractivity (Wildman–Crippen MR) is 74.0 cm³/mol. The third kappa shape index (κ3) is 5.82. The summed E-state index contributed by atoms with van der Waals surface area (Å²) in [7, 11) is 0. The number of carbonyl (C=O) groups excluding carboxylic acids is 1. The summed E-state index contributed by atoms with van der Waals surface area (Å²) in [6.45, 7) is 1.59. The second kappa shape index (κ2) is 7.45. The maximum atomic E-state index is 12.3. The molecule has 0 bridgehead atoms. The summed E-state index contributed by atoms with van der Waals surface area (Å²) < 4.78 is 36.9. The maximum Gasteiger partial charge on any atom is 0.401 e. The van der Waals surface area contributed by atoms with Crippen LogP contribution in [-0.2, 0) is 4.79 Å². The Morgan fingerprint density at radius 3 is 2.43 bits per heavy atom. The van der Waals surface area contributed by atoms with Gasteiger partial charge in [0.05, 0.1) is 6.54 Å². The molecule has 2 aliphatic heterocycles. The molecule has 7 heteroatoms. The van der Waals surface area contributed by atoms with Gasteiger partial charge in [-0.2, -0.15) is 13.2 Å². The van der Waals surface area contributed by atoms with Gasteiger partial charge in [-0.1, -0.05) is 6.42 Å². The van der Waals surface area contributed by atoms with E-state index in [1.807, 2.05) is 0 Å². The zero-order valence-corrected chi connectivity index (χ0v) is 12.3. The van der Waals surface area contributed by atoms with Crippen molar-refractivity contribution in [2.75, 3.05) is 39.3 Å². The molecule has 0 spiro atoms. The van der Waals surface area contributed by atoms with Gasteiger partial charge in [0.15, 0.2) is 0 Å². The number of carbonyl (C=O) groups is 1. The van der Waals surface area contributed by atoms with Crippen molar-refractivity contribution in [2.45, 2.75) is 44.3 Å². The van der Waals surface area contributed by atoms with E-state index in [0.717, 1.165) is 19.4 Å². The van der Waals surface area contributed by atoms with Crippen LogP contribution >= 0.6 is 0 Å². The number of rotatable bonds is 4. The first-order valence-corrected chi connectivity index (χ1v) is 7.74. The molecule has 2 aliphatic rings. The summed E-state index contributed by atoms with van der Waals surface area (Å²) in [5, 5.41) is 3.41. The molecule has 1 atom stereocenters. The SMILES string of the molecule is O=C(CCC1CCCCN1)N1CCN(CC(F)(F)F)CC1. The minimum atomic E-state index is -4.15. The van der Waals surface area contributed by atoms with E-state index in [0.29, 0.717) is 38.6 Å². The van der Waals surface area contributed by atoms with E-state index in [1.54, 1.807) is 4.90 Å². The van der Waals surface area contributed by atoms with E-state index in [2.05, 4.69) is 5.32 Å². The summed E-state index contributed by atoms with van der Waals surface area (Å²) in [5.41, 5.74) is 0. The highest BCUT2D eigenvalue weighted by atomic mass is 19.4. The minimum absolute atomic E-state index is 0.0778.